The molecule has 0 amide bonds. The van der Waals surface area contributed by atoms with Crippen LogP contribution in [0.5, 0.6) is 0 Å². The normalized spacial score (nSPS) is 14.2. The van der Waals surface area contributed by atoms with Crippen molar-refractivity contribution in [1.82, 2.24) is 4.57 Å². The lowest BCUT2D eigenvalue weighted by Gasteiger charge is -2.22. The number of para-hydroxylation sites is 3. The average molecular weight is 450 g/mol. The molecule has 2 heteroatoms. The maximum absolute atomic E-state index is 6.47. The summed E-state index contributed by atoms with van der Waals surface area (Å²) >= 11 is 0. The highest BCUT2D eigenvalue weighted by Crippen LogP contribution is 2.53. The maximum atomic E-state index is 6.47. The van der Waals surface area contributed by atoms with Gasteiger partial charge in [-0.15, -0.1) is 0 Å². The number of hydrogen-bond acceptors (Lipinski definition) is 1. The third-order valence-electron chi connectivity index (χ3n) is 7.98. The number of aromatic nitrogens is 1. The Morgan fingerprint density at radius 2 is 1.34 bits per heavy atom. The molecule has 0 radical (unpaired) electrons. The van der Waals surface area contributed by atoms with E-state index in [1.807, 2.05) is 6.07 Å². The van der Waals surface area contributed by atoms with Gasteiger partial charge in [0.15, 0.2) is 5.58 Å². The van der Waals surface area contributed by atoms with Gasteiger partial charge < -0.3 is 8.98 Å². The van der Waals surface area contributed by atoms with Crippen molar-refractivity contribution in [3.05, 3.63) is 114 Å². The minimum Gasteiger partial charge on any atom is -0.454 e. The first kappa shape index (κ1) is 19.1. The van der Waals surface area contributed by atoms with Crippen LogP contribution in [0.1, 0.15) is 25.0 Å². The molecule has 166 valence electrons. The van der Waals surface area contributed by atoms with E-state index in [0.717, 1.165) is 27.6 Å². The lowest BCUT2D eigenvalue weighted by Crippen LogP contribution is -2.15. The van der Waals surface area contributed by atoms with Crippen molar-refractivity contribution in [1.29, 1.82) is 0 Å². The van der Waals surface area contributed by atoms with Crippen LogP contribution in [-0.2, 0) is 5.41 Å². The summed E-state index contributed by atoms with van der Waals surface area (Å²) in [5, 5.41) is 4.93. The Labute approximate surface area is 203 Å². The smallest absolute Gasteiger partial charge is 0.159 e. The number of fused-ring (bicyclic) bond motifs is 10. The number of nitrogens with zero attached hydrogens (tertiary/aromatic N) is 1. The monoisotopic (exact) mass is 449 g/mol. The first-order chi connectivity index (χ1) is 17.1. The summed E-state index contributed by atoms with van der Waals surface area (Å²) in [6.07, 6.45) is 0. The molecule has 0 bridgehead atoms. The zero-order valence-corrected chi connectivity index (χ0v) is 19.7. The summed E-state index contributed by atoms with van der Waals surface area (Å²) < 4.78 is 8.87. The van der Waals surface area contributed by atoms with Crippen molar-refractivity contribution in [2.45, 2.75) is 19.3 Å². The molecule has 0 aliphatic heterocycles. The molecule has 1 aliphatic carbocycles. The Balaban J connectivity index is 1.56. The number of rotatable bonds is 1. The van der Waals surface area contributed by atoms with Crippen LogP contribution in [0.3, 0.4) is 0 Å². The summed E-state index contributed by atoms with van der Waals surface area (Å²) in [5.41, 5.74) is 10.8. The van der Waals surface area contributed by atoms with Gasteiger partial charge in [0.1, 0.15) is 5.58 Å². The second-order valence-corrected chi connectivity index (χ2v) is 10.2. The highest BCUT2D eigenvalue weighted by atomic mass is 16.3. The minimum absolute atomic E-state index is 0.0776. The molecule has 0 saturated heterocycles. The zero-order valence-electron chi connectivity index (χ0n) is 19.7. The molecule has 1 aliphatic rings. The van der Waals surface area contributed by atoms with E-state index in [1.165, 1.54) is 44.1 Å². The van der Waals surface area contributed by atoms with Crippen molar-refractivity contribution in [3.8, 4) is 16.8 Å². The van der Waals surface area contributed by atoms with Gasteiger partial charge in [-0.1, -0.05) is 92.7 Å². The highest BCUT2D eigenvalue weighted by molar-refractivity contribution is 6.16. The second kappa shape index (κ2) is 6.43. The van der Waals surface area contributed by atoms with E-state index < -0.39 is 0 Å². The van der Waals surface area contributed by atoms with Gasteiger partial charge in [-0.2, -0.15) is 0 Å². The Hall–Kier alpha value is -4.30. The van der Waals surface area contributed by atoms with E-state index in [9.17, 15) is 0 Å². The Kier molecular flexibility index (Phi) is 3.50. The number of hydrogen-bond donors (Lipinski definition) is 0. The quantitative estimate of drug-likeness (QED) is 0.244. The van der Waals surface area contributed by atoms with Crippen molar-refractivity contribution in [2.75, 3.05) is 0 Å². The van der Waals surface area contributed by atoms with E-state index in [-0.39, 0.29) is 5.41 Å². The number of benzene rings is 5. The summed E-state index contributed by atoms with van der Waals surface area (Å²) in [4.78, 5) is 0. The lowest BCUT2D eigenvalue weighted by atomic mass is 9.80. The predicted octanol–water partition coefficient (Wildman–Crippen LogP) is 8.99. The zero-order chi connectivity index (χ0) is 23.3. The van der Waals surface area contributed by atoms with Crippen LogP contribution in [0, 0.1) is 0 Å². The Morgan fingerprint density at radius 3 is 2.26 bits per heavy atom. The third kappa shape index (κ3) is 2.29. The van der Waals surface area contributed by atoms with Crippen LogP contribution in [0.25, 0.3) is 60.6 Å². The number of furan rings is 1. The fraction of sp³-hybridized carbons (Fsp3) is 0.0909. The van der Waals surface area contributed by atoms with Crippen LogP contribution >= 0.6 is 0 Å². The average Bonchev–Trinajstić information content (AvgIpc) is 3.51. The largest absolute Gasteiger partial charge is 0.454 e. The maximum Gasteiger partial charge on any atom is 0.159 e. The molecule has 5 aromatic carbocycles. The van der Waals surface area contributed by atoms with Gasteiger partial charge in [0.05, 0.1) is 16.7 Å². The van der Waals surface area contributed by atoms with Crippen molar-refractivity contribution in [3.63, 3.8) is 0 Å². The summed E-state index contributed by atoms with van der Waals surface area (Å²) in [5.74, 6) is 0. The van der Waals surface area contributed by atoms with E-state index >= 15 is 0 Å². The molecule has 2 heterocycles. The molecule has 2 nitrogen and oxygen atoms in total. The van der Waals surface area contributed by atoms with Crippen LogP contribution in [0.4, 0.5) is 0 Å². The fourth-order valence-corrected chi connectivity index (χ4v) is 6.50. The third-order valence-corrected chi connectivity index (χ3v) is 7.98. The SMILES string of the molecule is CC1(C)c2ccccc2-c2ccc3c(c21)c1ccccc1n3-c1cccc2c1oc1ccccc12. The molecule has 0 unspecified atom stereocenters. The van der Waals surface area contributed by atoms with E-state index in [2.05, 4.69) is 115 Å². The Bertz CT molecular complexity index is 1980. The molecular weight excluding hydrogens is 426 g/mol. The molecule has 8 rings (SSSR count). The highest BCUT2D eigenvalue weighted by Gasteiger charge is 2.38. The van der Waals surface area contributed by atoms with Crippen LogP contribution < -0.4 is 0 Å². The molecule has 35 heavy (non-hydrogen) atoms. The van der Waals surface area contributed by atoms with Gasteiger partial charge in [0.25, 0.3) is 0 Å². The first-order valence-electron chi connectivity index (χ1n) is 12.2. The molecule has 2 aromatic heterocycles. The summed E-state index contributed by atoms with van der Waals surface area (Å²) in [6, 6.07) is 37.1. The minimum atomic E-state index is -0.0776. The van der Waals surface area contributed by atoms with E-state index in [0.29, 0.717) is 0 Å². The van der Waals surface area contributed by atoms with Gasteiger partial charge in [-0.05, 0) is 46.5 Å². The molecule has 0 spiro atoms. The van der Waals surface area contributed by atoms with Crippen LogP contribution in [-0.4, -0.2) is 4.57 Å². The molecule has 0 atom stereocenters. The molecule has 0 fully saturated rings. The molecule has 7 aromatic rings. The second-order valence-electron chi connectivity index (χ2n) is 10.2. The lowest BCUT2D eigenvalue weighted by molar-refractivity contribution is 0.666. The van der Waals surface area contributed by atoms with Crippen molar-refractivity contribution in [2.24, 2.45) is 0 Å². The van der Waals surface area contributed by atoms with Crippen LogP contribution in [0.2, 0.25) is 0 Å². The van der Waals surface area contributed by atoms with Crippen LogP contribution in [0.15, 0.2) is 108 Å². The first-order valence-corrected chi connectivity index (χ1v) is 12.2. The fourth-order valence-electron chi connectivity index (χ4n) is 6.50. The standard InChI is InChI=1S/C33H23NO/c1-33(2)25-14-6-3-10-20(25)22-18-19-27-30(31(22)33)24-12-4-7-15-26(24)34(27)28-16-9-13-23-21-11-5-8-17-29(21)35-32(23)28/h3-19H,1-2H3. The van der Waals surface area contributed by atoms with E-state index in [4.69, 9.17) is 4.42 Å². The predicted molar refractivity (Wildman–Crippen MR) is 146 cm³/mol. The molecular formula is C33H23NO. The summed E-state index contributed by atoms with van der Waals surface area (Å²) in [7, 11) is 0. The summed E-state index contributed by atoms with van der Waals surface area (Å²) in [6.45, 7) is 4.73. The molecule has 0 saturated carbocycles. The van der Waals surface area contributed by atoms with Crippen molar-refractivity contribution < 1.29 is 4.42 Å². The van der Waals surface area contributed by atoms with Crippen molar-refractivity contribution >= 4 is 43.7 Å². The van der Waals surface area contributed by atoms with Gasteiger partial charge in [0.2, 0.25) is 0 Å². The van der Waals surface area contributed by atoms with E-state index in [1.54, 1.807) is 0 Å². The van der Waals surface area contributed by atoms with Gasteiger partial charge in [-0.25, -0.2) is 0 Å². The Morgan fingerprint density at radius 1 is 0.600 bits per heavy atom. The van der Waals surface area contributed by atoms with Gasteiger partial charge in [-0.3, -0.25) is 0 Å². The molecule has 0 N–H and O–H groups in total. The van der Waals surface area contributed by atoms with Gasteiger partial charge in [0, 0.05) is 27.0 Å². The van der Waals surface area contributed by atoms with Gasteiger partial charge >= 0.3 is 0 Å². The topological polar surface area (TPSA) is 18.1 Å².